The third kappa shape index (κ3) is 2.17. The largest absolute Gasteiger partial charge is 0.232 e. The first-order chi connectivity index (χ1) is 8.66. The lowest BCUT2D eigenvalue weighted by atomic mass is 10.0. The molecule has 1 aliphatic rings. The van der Waals surface area contributed by atoms with Crippen molar-refractivity contribution in [2.45, 2.75) is 25.7 Å². The average molecular weight is 324 g/mol. The summed E-state index contributed by atoms with van der Waals surface area (Å²) in [4.78, 5) is 8.91. The van der Waals surface area contributed by atoms with E-state index in [9.17, 15) is 0 Å². The van der Waals surface area contributed by atoms with E-state index in [1.165, 1.54) is 18.4 Å². The summed E-state index contributed by atoms with van der Waals surface area (Å²) in [6.07, 6.45) is 2.53. The van der Waals surface area contributed by atoms with E-state index in [-0.39, 0.29) is 0 Å². The van der Waals surface area contributed by atoms with Crippen LogP contribution in [0.15, 0.2) is 28.7 Å². The van der Waals surface area contributed by atoms with Crippen LogP contribution in [-0.2, 0) is 0 Å². The topological polar surface area (TPSA) is 25.8 Å². The number of hydrogen-bond donors (Lipinski definition) is 0. The summed E-state index contributed by atoms with van der Waals surface area (Å²) < 4.78 is 0.775. The molecule has 4 heteroatoms. The minimum absolute atomic E-state index is 0.475. The highest BCUT2D eigenvalue weighted by Crippen LogP contribution is 2.44. The lowest BCUT2D eigenvalue weighted by molar-refractivity contribution is 1.07. The van der Waals surface area contributed by atoms with E-state index in [0.717, 1.165) is 21.6 Å². The Bertz CT molecular complexity index is 585. The summed E-state index contributed by atoms with van der Waals surface area (Å²) in [7, 11) is 0. The molecule has 92 valence electrons. The van der Waals surface area contributed by atoms with E-state index in [0.29, 0.717) is 11.1 Å². The van der Waals surface area contributed by atoms with Crippen LogP contribution in [-0.4, -0.2) is 9.97 Å². The monoisotopic (exact) mass is 322 g/mol. The van der Waals surface area contributed by atoms with Crippen LogP contribution >= 0.6 is 27.5 Å². The van der Waals surface area contributed by atoms with Gasteiger partial charge in [0.25, 0.3) is 0 Å². The van der Waals surface area contributed by atoms with Gasteiger partial charge < -0.3 is 0 Å². The van der Waals surface area contributed by atoms with Gasteiger partial charge in [-0.15, -0.1) is 0 Å². The second kappa shape index (κ2) is 4.63. The maximum Gasteiger partial charge on any atom is 0.161 e. The van der Waals surface area contributed by atoms with Crippen molar-refractivity contribution in [2.24, 2.45) is 0 Å². The molecule has 0 spiro atoms. The smallest absolute Gasteiger partial charge is 0.161 e. The normalized spacial score (nSPS) is 14.8. The molecule has 2 nitrogen and oxygen atoms in total. The SMILES string of the molecule is Cc1nc(-c2ccccc2C2CC2)nc(Cl)c1Br. The Balaban J connectivity index is 2.15. The average Bonchev–Trinajstić information content (AvgIpc) is 3.19. The number of benzene rings is 1. The Morgan fingerprint density at radius 3 is 2.61 bits per heavy atom. The summed E-state index contributed by atoms with van der Waals surface area (Å²) >= 11 is 9.51. The summed E-state index contributed by atoms with van der Waals surface area (Å²) in [6.45, 7) is 1.93. The molecule has 3 rings (SSSR count). The van der Waals surface area contributed by atoms with Gasteiger partial charge in [-0.2, -0.15) is 0 Å². The Kier molecular flexibility index (Phi) is 3.12. The van der Waals surface area contributed by atoms with Gasteiger partial charge in [-0.25, -0.2) is 9.97 Å². The van der Waals surface area contributed by atoms with E-state index < -0.39 is 0 Å². The standard InChI is InChI=1S/C14H12BrClN2/c1-8-12(15)13(16)18-14(17-8)11-5-3-2-4-10(11)9-6-7-9/h2-5,9H,6-7H2,1H3. The third-order valence-electron chi connectivity index (χ3n) is 3.20. The van der Waals surface area contributed by atoms with Gasteiger partial charge in [0.1, 0.15) is 5.15 Å². The first-order valence-corrected chi connectivity index (χ1v) is 7.13. The highest BCUT2D eigenvalue weighted by molar-refractivity contribution is 9.10. The summed E-state index contributed by atoms with van der Waals surface area (Å²) in [5, 5.41) is 0.475. The zero-order chi connectivity index (χ0) is 12.7. The quantitative estimate of drug-likeness (QED) is 0.746. The van der Waals surface area contributed by atoms with Gasteiger partial charge in [-0.1, -0.05) is 35.9 Å². The second-order valence-corrected chi connectivity index (χ2v) is 5.75. The van der Waals surface area contributed by atoms with Crippen LogP contribution in [0.25, 0.3) is 11.4 Å². The van der Waals surface area contributed by atoms with E-state index in [2.05, 4.69) is 44.1 Å². The van der Waals surface area contributed by atoms with Gasteiger partial charge in [0.05, 0.1) is 10.2 Å². The predicted molar refractivity (Wildman–Crippen MR) is 76.9 cm³/mol. The Hall–Kier alpha value is -0.930. The molecule has 2 aromatic rings. The van der Waals surface area contributed by atoms with Crippen LogP contribution < -0.4 is 0 Å². The van der Waals surface area contributed by atoms with Gasteiger partial charge >= 0.3 is 0 Å². The first-order valence-electron chi connectivity index (χ1n) is 5.95. The van der Waals surface area contributed by atoms with Crippen molar-refractivity contribution in [3.8, 4) is 11.4 Å². The fraction of sp³-hybridized carbons (Fsp3) is 0.286. The number of hydrogen-bond acceptors (Lipinski definition) is 2. The summed E-state index contributed by atoms with van der Waals surface area (Å²) in [5.41, 5.74) is 3.32. The van der Waals surface area contributed by atoms with E-state index in [1.807, 2.05) is 13.0 Å². The van der Waals surface area contributed by atoms with Crippen LogP contribution in [0.3, 0.4) is 0 Å². The lowest BCUT2D eigenvalue weighted by Crippen LogP contribution is -1.97. The molecule has 0 radical (unpaired) electrons. The van der Waals surface area contributed by atoms with Crippen molar-refractivity contribution >= 4 is 27.5 Å². The fourth-order valence-electron chi connectivity index (χ4n) is 2.10. The molecule has 1 aliphatic carbocycles. The molecule has 0 N–H and O–H groups in total. The molecule has 1 aromatic carbocycles. The molecular weight excluding hydrogens is 312 g/mol. The van der Waals surface area contributed by atoms with Gasteiger partial charge in [0.2, 0.25) is 0 Å². The lowest BCUT2D eigenvalue weighted by Gasteiger charge is -2.09. The number of aryl methyl sites for hydroxylation is 1. The van der Waals surface area contributed by atoms with Gasteiger partial charge in [0.15, 0.2) is 5.82 Å². The van der Waals surface area contributed by atoms with Crippen LogP contribution in [0.5, 0.6) is 0 Å². The Morgan fingerprint density at radius 2 is 1.94 bits per heavy atom. The molecular formula is C14H12BrClN2. The fourth-order valence-corrected chi connectivity index (χ4v) is 2.49. The van der Waals surface area contributed by atoms with Crippen molar-refractivity contribution in [2.75, 3.05) is 0 Å². The van der Waals surface area contributed by atoms with E-state index in [4.69, 9.17) is 11.6 Å². The molecule has 0 unspecified atom stereocenters. The van der Waals surface area contributed by atoms with Gasteiger partial charge in [-0.3, -0.25) is 0 Å². The van der Waals surface area contributed by atoms with Crippen LogP contribution in [0.4, 0.5) is 0 Å². The molecule has 0 atom stereocenters. The molecule has 1 heterocycles. The molecule has 1 aromatic heterocycles. The minimum atomic E-state index is 0.475. The molecule has 1 saturated carbocycles. The molecule has 0 aliphatic heterocycles. The molecule has 18 heavy (non-hydrogen) atoms. The highest BCUT2D eigenvalue weighted by Gasteiger charge is 2.27. The Morgan fingerprint density at radius 1 is 1.22 bits per heavy atom. The minimum Gasteiger partial charge on any atom is -0.232 e. The van der Waals surface area contributed by atoms with Crippen molar-refractivity contribution in [3.05, 3.63) is 45.1 Å². The van der Waals surface area contributed by atoms with Crippen LogP contribution in [0.2, 0.25) is 5.15 Å². The summed E-state index contributed by atoms with van der Waals surface area (Å²) in [6, 6.07) is 8.34. The third-order valence-corrected chi connectivity index (χ3v) is 4.65. The highest BCUT2D eigenvalue weighted by atomic mass is 79.9. The summed E-state index contributed by atoms with van der Waals surface area (Å²) in [5.74, 6) is 1.40. The second-order valence-electron chi connectivity index (χ2n) is 4.60. The van der Waals surface area contributed by atoms with E-state index in [1.54, 1.807) is 0 Å². The van der Waals surface area contributed by atoms with Crippen LogP contribution in [0.1, 0.15) is 30.0 Å². The van der Waals surface area contributed by atoms with Crippen molar-refractivity contribution < 1.29 is 0 Å². The zero-order valence-electron chi connectivity index (χ0n) is 9.95. The van der Waals surface area contributed by atoms with Crippen molar-refractivity contribution in [1.29, 1.82) is 0 Å². The predicted octanol–water partition coefficient (Wildman–Crippen LogP) is 4.75. The van der Waals surface area contributed by atoms with Gasteiger partial charge in [0, 0.05) is 5.56 Å². The number of aromatic nitrogens is 2. The van der Waals surface area contributed by atoms with Crippen molar-refractivity contribution in [1.82, 2.24) is 9.97 Å². The number of rotatable bonds is 2. The van der Waals surface area contributed by atoms with Crippen molar-refractivity contribution in [3.63, 3.8) is 0 Å². The molecule has 0 saturated heterocycles. The zero-order valence-corrected chi connectivity index (χ0v) is 12.3. The number of nitrogens with zero attached hydrogens (tertiary/aromatic N) is 2. The van der Waals surface area contributed by atoms with E-state index >= 15 is 0 Å². The molecule has 0 amide bonds. The Labute approximate surface area is 120 Å². The maximum atomic E-state index is 6.12. The molecule has 0 bridgehead atoms. The molecule has 1 fully saturated rings. The van der Waals surface area contributed by atoms with Gasteiger partial charge in [-0.05, 0) is 47.2 Å². The first kappa shape index (κ1) is 12.1. The maximum absolute atomic E-state index is 6.12. The number of halogens is 2. The van der Waals surface area contributed by atoms with Crippen LogP contribution in [0, 0.1) is 6.92 Å².